The summed E-state index contributed by atoms with van der Waals surface area (Å²) in [5.41, 5.74) is 1.86. The SMILES string of the molecule is Cc1cccc(NC(=O)CNCC(=O)NC2CC2)c1. The molecule has 0 heterocycles. The third-order valence-electron chi connectivity index (χ3n) is 2.82. The molecule has 1 aliphatic carbocycles. The minimum Gasteiger partial charge on any atom is -0.352 e. The van der Waals surface area contributed by atoms with Crippen LogP contribution in [-0.2, 0) is 9.59 Å². The molecule has 1 aromatic rings. The number of carbonyl (C=O) groups excluding carboxylic acids is 2. The standard InChI is InChI=1S/C14H19N3O2/c1-10-3-2-4-12(7-10)17-14(19)9-15-8-13(18)16-11-5-6-11/h2-4,7,11,15H,5-6,8-9H2,1H3,(H,16,18)(H,17,19). The minimum absolute atomic E-state index is 0.0501. The number of anilines is 1. The number of hydrogen-bond donors (Lipinski definition) is 3. The van der Waals surface area contributed by atoms with E-state index < -0.39 is 0 Å². The first kappa shape index (κ1) is 13.5. The van der Waals surface area contributed by atoms with Crippen LogP contribution >= 0.6 is 0 Å². The second kappa shape index (κ2) is 6.33. The number of benzene rings is 1. The van der Waals surface area contributed by atoms with Gasteiger partial charge in [0.25, 0.3) is 0 Å². The highest BCUT2D eigenvalue weighted by Gasteiger charge is 2.22. The van der Waals surface area contributed by atoms with Crippen LogP contribution in [-0.4, -0.2) is 30.9 Å². The van der Waals surface area contributed by atoms with Crippen LogP contribution < -0.4 is 16.0 Å². The van der Waals surface area contributed by atoms with Gasteiger partial charge in [-0.15, -0.1) is 0 Å². The topological polar surface area (TPSA) is 70.2 Å². The van der Waals surface area contributed by atoms with E-state index in [0.29, 0.717) is 6.04 Å². The number of carbonyl (C=O) groups is 2. The molecule has 0 aromatic heterocycles. The molecule has 0 saturated heterocycles. The number of nitrogens with one attached hydrogen (secondary N) is 3. The van der Waals surface area contributed by atoms with Gasteiger partial charge >= 0.3 is 0 Å². The lowest BCUT2D eigenvalue weighted by Gasteiger charge is -2.07. The van der Waals surface area contributed by atoms with Crippen molar-refractivity contribution in [2.24, 2.45) is 0 Å². The maximum absolute atomic E-state index is 11.6. The Morgan fingerprint density at radius 2 is 1.95 bits per heavy atom. The molecule has 0 radical (unpaired) electrons. The maximum atomic E-state index is 11.6. The molecular formula is C14H19N3O2. The van der Waals surface area contributed by atoms with Gasteiger partial charge < -0.3 is 10.6 Å². The molecule has 0 aliphatic heterocycles. The summed E-state index contributed by atoms with van der Waals surface area (Å²) in [6.07, 6.45) is 2.14. The highest BCUT2D eigenvalue weighted by molar-refractivity contribution is 5.92. The zero-order valence-corrected chi connectivity index (χ0v) is 11.0. The minimum atomic E-state index is -0.148. The van der Waals surface area contributed by atoms with Crippen molar-refractivity contribution in [1.82, 2.24) is 10.6 Å². The van der Waals surface area contributed by atoms with E-state index >= 15 is 0 Å². The predicted octanol–water partition coefficient (Wildman–Crippen LogP) is 0.802. The molecule has 19 heavy (non-hydrogen) atoms. The molecular weight excluding hydrogens is 242 g/mol. The molecule has 0 bridgehead atoms. The smallest absolute Gasteiger partial charge is 0.238 e. The first-order valence-electron chi connectivity index (χ1n) is 6.50. The van der Waals surface area contributed by atoms with Crippen molar-refractivity contribution in [3.63, 3.8) is 0 Å². The summed E-state index contributed by atoms with van der Waals surface area (Å²) >= 11 is 0. The second-order valence-corrected chi connectivity index (χ2v) is 4.86. The van der Waals surface area contributed by atoms with Crippen LogP contribution in [0.4, 0.5) is 5.69 Å². The fourth-order valence-electron chi connectivity index (χ4n) is 1.72. The Morgan fingerprint density at radius 3 is 2.63 bits per heavy atom. The maximum Gasteiger partial charge on any atom is 0.238 e. The molecule has 0 atom stereocenters. The summed E-state index contributed by atoms with van der Waals surface area (Å²) in [7, 11) is 0. The largest absolute Gasteiger partial charge is 0.352 e. The van der Waals surface area contributed by atoms with Gasteiger partial charge in [-0.25, -0.2) is 0 Å². The van der Waals surface area contributed by atoms with Gasteiger partial charge in [0.2, 0.25) is 11.8 Å². The first-order valence-corrected chi connectivity index (χ1v) is 6.50. The van der Waals surface area contributed by atoms with Crippen LogP contribution in [0.1, 0.15) is 18.4 Å². The highest BCUT2D eigenvalue weighted by atomic mass is 16.2. The first-order chi connectivity index (χ1) is 9.13. The fourth-order valence-corrected chi connectivity index (χ4v) is 1.72. The molecule has 0 spiro atoms. The van der Waals surface area contributed by atoms with Gasteiger partial charge in [0, 0.05) is 11.7 Å². The van der Waals surface area contributed by atoms with Crippen LogP contribution in [0.15, 0.2) is 24.3 Å². The van der Waals surface area contributed by atoms with Crippen molar-refractivity contribution < 1.29 is 9.59 Å². The molecule has 102 valence electrons. The van der Waals surface area contributed by atoms with E-state index in [1.54, 1.807) is 0 Å². The summed E-state index contributed by atoms with van der Waals surface area (Å²) in [5, 5.41) is 8.46. The van der Waals surface area contributed by atoms with E-state index in [9.17, 15) is 9.59 Å². The van der Waals surface area contributed by atoms with Crippen molar-refractivity contribution in [2.45, 2.75) is 25.8 Å². The Labute approximate surface area is 112 Å². The molecule has 0 unspecified atom stereocenters. The third-order valence-corrected chi connectivity index (χ3v) is 2.82. The van der Waals surface area contributed by atoms with E-state index in [1.807, 2.05) is 31.2 Å². The van der Waals surface area contributed by atoms with E-state index in [4.69, 9.17) is 0 Å². The number of amides is 2. The van der Waals surface area contributed by atoms with E-state index in [2.05, 4.69) is 16.0 Å². The Bertz CT molecular complexity index is 470. The summed E-state index contributed by atoms with van der Waals surface area (Å²) in [5.74, 6) is -0.198. The summed E-state index contributed by atoms with van der Waals surface area (Å²) in [6, 6.07) is 7.95. The fraction of sp³-hybridized carbons (Fsp3) is 0.429. The van der Waals surface area contributed by atoms with Crippen molar-refractivity contribution in [3.8, 4) is 0 Å². The third kappa shape index (κ3) is 5.09. The van der Waals surface area contributed by atoms with Crippen molar-refractivity contribution in [3.05, 3.63) is 29.8 Å². The number of aryl methyl sites for hydroxylation is 1. The van der Waals surface area contributed by atoms with Crippen molar-refractivity contribution in [2.75, 3.05) is 18.4 Å². The Balaban J connectivity index is 1.65. The van der Waals surface area contributed by atoms with Gasteiger partial charge in [-0.3, -0.25) is 14.9 Å². The van der Waals surface area contributed by atoms with Crippen LogP contribution in [0, 0.1) is 6.92 Å². The molecule has 1 fully saturated rings. The summed E-state index contributed by atoms with van der Waals surface area (Å²) in [6.45, 7) is 2.28. The van der Waals surface area contributed by atoms with Crippen molar-refractivity contribution in [1.29, 1.82) is 0 Å². The second-order valence-electron chi connectivity index (χ2n) is 4.86. The normalized spacial score (nSPS) is 13.9. The lowest BCUT2D eigenvalue weighted by molar-refractivity contribution is -0.120. The van der Waals surface area contributed by atoms with Crippen LogP contribution in [0.5, 0.6) is 0 Å². The molecule has 3 N–H and O–H groups in total. The van der Waals surface area contributed by atoms with Gasteiger partial charge in [0.15, 0.2) is 0 Å². The quantitative estimate of drug-likeness (QED) is 0.709. The lowest BCUT2D eigenvalue weighted by atomic mass is 10.2. The average molecular weight is 261 g/mol. The number of hydrogen-bond acceptors (Lipinski definition) is 3. The van der Waals surface area contributed by atoms with E-state index in [-0.39, 0.29) is 24.9 Å². The van der Waals surface area contributed by atoms with E-state index in [0.717, 1.165) is 24.1 Å². The van der Waals surface area contributed by atoms with Gasteiger partial charge in [-0.1, -0.05) is 12.1 Å². The molecule has 1 aromatic carbocycles. The molecule has 2 rings (SSSR count). The highest BCUT2D eigenvalue weighted by Crippen LogP contribution is 2.18. The molecule has 1 saturated carbocycles. The van der Waals surface area contributed by atoms with Gasteiger partial charge in [-0.2, -0.15) is 0 Å². The Hall–Kier alpha value is -1.88. The molecule has 5 heteroatoms. The summed E-state index contributed by atoms with van der Waals surface area (Å²) in [4.78, 5) is 23.0. The summed E-state index contributed by atoms with van der Waals surface area (Å²) < 4.78 is 0. The molecule has 1 aliphatic rings. The monoisotopic (exact) mass is 261 g/mol. The molecule has 2 amide bonds. The van der Waals surface area contributed by atoms with Gasteiger partial charge in [0.05, 0.1) is 13.1 Å². The Morgan fingerprint density at radius 1 is 1.21 bits per heavy atom. The van der Waals surface area contributed by atoms with Crippen molar-refractivity contribution >= 4 is 17.5 Å². The molecule has 5 nitrogen and oxygen atoms in total. The van der Waals surface area contributed by atoms with Gasteiger partial charge in [0.1, 0.15) is 0 Å². The van der Waals surface area contributed by atoms with Crippen LogP contribution in [0.3, 0.4) is 0 Å². The predicted molar refractivity (Wildman–Crippen MR) is 73.8 cm³/mol. The Kier molecular flexibility index (Phi) is 4.52. The zero-order valence-electron chi connectivity index (χ0n) is 11.0. The average Bonchev–Trinajstić information content (AvgIpc) is 3.12. The lowest BCUT2D eigenvalue weighted by Crippen LogP contribution is -2.38. The number of rotatable bonds is 6. The van der Waals surface area contributed by atoms with Crippen LogP contribution in [0.2, 0.25) is 0 Å². The van der Waals surface area contributed by atoms with Crippen LogP contribution in [0.25, 0.3) is 0 Å². The van der Waals surface area contributed by atoms with Gasteiger partial charge in [-0.05, 0) is 37.5 Å². The van der Waals surface area contributed by atoms with E-state index in [1.165, 1.54) is 0 Å². The zero-order chi connectivity index (χ0) is 13.7.